The monoisotopic (exact) mass is 370 g/mol. The summed E-state index contributed by atoms with van der Waals surface area (Å²) in [7, 11) is 0. The minimum absolute atomic E-state index is 0.138. The van der Waals surface area contributed by atoms with Crippen LogP contribution in [0.25, 0.3) is 9.88 Å². The van der Waals surface area contributed by atoms with Gasteiger partial charge in [-0.15, -0.1) is 22.7 Å². The molecule has 5 nitrogen and oxygen atoms in total. The lowest BCUT2D eigenvalue weighted by Gasteiger charge is -2.32. The first-order valence-electron chi connectivity index (χ1n) is 7.27. The Bertz CT molecular complexity index is 728. The molecule has 23 heavy (non-hydrogen) atoms. The van der Waals surface area contributed by atoms with E-state index in [0.29, 0.717) is 23.0 Å². The van der Waals surface area contributed by atoms with Gasteiger partial charge >= 0.3 is 5.97 Å². The van der Waals surface area contributed by atoms with E-state index in [-0.39, 0.29) is 12.3 Å². The van der Waals surface area contributed by atoms with Crippen LogP contribution in [0.1, 0.15) is 25.0 Å². The predicted octanol–water partition coefficient (Wildman–Crippen LogP) is 3.53. The van der Waals surface area contributed by atoms with Crippen molar-refractivity contribution in [2.45, 2.75) is 31.7 Å². The van der Waals surface area contributed by atoms with Crippen molar-refractivity contribution in [2.75, 3.05) is 6.54 Å². The minimum Gasteiger partial charge on any atom is -0.480 e. The molecule has 0 aromatic carbocycles. The summed E-state index contributed by atoms with van der Waals surface area (Å²) >= 11 is 8.84. The van der Waals surface area contributed by atoms with E-state index in [1.54, 1.807) is 0 Å². The number of thiazole rings is 1. The zero-order valence-corrected chi connectivity index (χ0v) is 14.6. The quantitative estimate of drug-likeness (QED) is 0.893. The van der Waals surface area contributed by atoms with E-state index in [9.17, 15) is 14.7 Å². The second kappa shape index (κ2) is 6.98. The maximum absolute atomic E-state index is 12.4. The highest BCUT2D eigenvalue weighted by atomic mass is 35.5. The lowest BCUT2D eigenvalue weighted by molar-refractivity contribution is -0.151. The average Bonchev–Trinajstić information content (AvgIpc) is 3.16. The summed E-state index contributed by atoms with van der Waals surface area (Å²) in [6.45, 7) is 0.507. The molecular formula is C15H15ClN2O3S2. The maximum Gasteiger partial charge on any atom is 0.326 e. The molecule has 1 amide bonds. The molecule has 0 saturated carbocycles. The highest BCUT2D eigenvalue weighted by Crippen LogP contribution is 2.33. The summed E-state index contributed by atoms with van der Waals surface area (Å²) in [5, 5.41) is 11.9. The predicted molar refractivity (Wildman–Crippen MR) is 91.1 cm³/mol. The van der Waals surface area contributed by atoms with Crippen LogP contribution >= 0.6 is 34.3 Å². The zero-order chi connectivity index (χ0) is 16.4. The van der Waals surface area contributed by atoms with Crippen LogP contribution in [-0.4, -0.2) is 39.5 Å². The van der Waals surface area contributed by atoms with Gasteiger partial charge in [-0.2, -0.15) is 0 Å². The molecule has 2 aromatic heterocycles. The van der Waals surface area contributed by atoms with E-state index in [2.05, 4.69) is 4.98 Å². The molecular weight excluding hydrogens is 356 g/mol. The summed E-state index contributed by atoms with van der Waals surface area (Å²) in [5.74, 6) is -1.09. The molecule has 1 aliphatic heterocycles. The molecule has 122 valence electrons. The number of piperidine rings is 1. The molecule has 8 heteroatoms. The van der Waals surface area contributed by atoms with Gasteiger partial charge in [-0.1, -0.05) is 11.6 Å². The van der Waals surface area contributed by atoms with E-state index < -0.39 is 12.0 Å². The number of carbonyl (C=O) groups is 2. The fourth-order valence-electron chi connectivity index (χ4n) is 2.67. The number of likely N-dealkylation sites (tertiary alicyclic amines) is 1. The number of rotatable bonds is 4. The van der Waals surface area contributed by atoms with E-state index in [1.165, 1.54) is 27.6 Å². The van der Waals surface area contributed by atoms with E-state index in [0.717, 1.165) is 22.7 Å². The molecule has 1 unspecified atom stereocenters. The smallest absolute Gasteiger partial charge is 0.326 e. The first-order chi connectivity index (χ1) is 11.0. The van der Waals surface area contributed by atoms with Gasteiger partial charge in [0.05, 0.1) is 21.3 Å². The summed E-state index contributed by atoms with van der Waals surface area (Å²) < 4.78 is 0.699. The standard InChI is InChI=1S/C15H15ClN2O3S2/c16-12-5-4-11(23-12)14-17-9(8-22-14)7-13(19)18-6-2-1-3-10(18)15(20)21/h4-5,8,10H,1-3,6-7H2,(H,20,21). The van der Waals surface area contributed by atoms with Crippen LogP contribution in [-0.2, 0) is 16.0 Å². The third kappa shape index (κ3) is 3.73. The van der Waals surface area contributed by atoms with Crippen LogP contribution in [0.15, 0.2) is 17.5 Å². The van der Waals surface area contributed by atoms with Crippen molar-refractivity contribution in [3.05, 3.63) is 27.5 Å². The second-order valence-electron chi connectivity index (χ2n) is 5.36. The molecule has 3 rings (SSSR count). The van der Waals surface area contributed by atoms with Crippen LogP contribution in [0.2, 0.25) is 4.34 Å². The Hall–Kier alpha value is -1.44. The fraction of sp³-hybridized carbons (Fsp3) is 0.400. The molecule has 1 aliphatic rings. The Labute approximate surface area is 146 Å². The number of amides is 1. The van der Waals surface area contributed by atoms with Crippen molar-refractivity contribution in [2.24, 2.45) is 0 Å². The van der Waals surface area contributed by atoms with Gasteiger partial charge in [0, 0.05) is 11.9 Å². The molecule has 2 aromatic rings. The number of carboxylic acids is 1. The van der Waals surface area contributed by atoms with Crippen LogP contribution < -0.4 is 0 Å². The third-order valence-electron chi connectivity index (χ3n) is 3.78. The van der Waals surface area contributed by atoms with Crippen molar-refractivity contribution in [3.8, 4) is 9.88 Å². The number of thiophene rings is 1. The Morgan fingerprint density at radius 1 is 1.39 bits per heavy atom. The Morgan fingerprint density at radius 3 is 2.91 bits per heavy atom. The number of hydrogen-bond acceptors (Lipinski definition) is 5. The molecule has 3 heterocycles. The Kier molecular flexibility index (Phi) is 4.99. The molecule has 0 bridgehead atoms. The van der Waals surface area contributed by atoms with Gasteiger partial charge in [0.25, 0.3) is 0 Å². The Morgan fingerprint density at radius 2 is 2.22 bits per heavy atom. The summed E-state index contributed by atoms with van der Waals surface area (Å²) in [6.07, 6.45) is 2.36. The molecule has 1 atom stereocenters. The normalized spacial score (nSPS) is 18.1. The summed E-state index contributed by atoms with van der Waals surface area (Å²) in [6, 6.07) is 3.02. The third-order valence-corrected chi connectivity index (χ3v) is 6.07. The number of aliphatic carboxylic acids is 1. The minimum atomic E-state index is -0.926. The van der Waals surface area contributed by atoms with Gasteiger partial charge in [0.15, 0.2) is 0 Å². The second-order valence-corrected chi connectivity index (χ2v) is 7.93. The molecule has 1 N–H and O–H groups in total. The molecule has 0 radical (unpaired) electrons. The van der Waals surface area contributed by atoms with Crippen molar-refractivity contribution in [1.82, 2.24) is 9.88 Å². The SMILES string of the molecule is O=C(O)C1CCCCN1C(=O)Cc1csc(-c2ccc(Cl)s2)n1. The van der Waals surface area contributed by atoms with Gasteiger partial charge in [-0.25, -0.2) is 9.78 Å². The zero-order valence-electron chi connectivity index (χ0n) is 12.2. The topological polar surface area (TPSA) is 70.5 Å². The Balaban J connectivity index is 1.70. The van der Waals surface area contributed by atoms with Crippen LogP contribution in [0.5, 0.6) is 0 Å². The number of carbonyl (C=O) groups excluding carboxylic acids is 1. The fourth-order valence-corrected chi connectivity index (χ4v) is 4.61. The van der Waals surface area contributed by atoms with Crippen molar-refractivity contribution >= 4 is 46.2 Å². The van der Waals surface area contributed by atoms with Gasteiger partial charge in [-0.05, 0) is 31.4 Å². The van der Waals surface area contributed by atoms with Crippen molar-refractivity contribution in [3.63, 3.8) is 0 Å². The van der Waals surface area contributed by atoms with E-state index in [4.69, 9.17) is 11.6 Å². The number of carboxylic acid groups (broad SMARTS) is 1. The maximum atomic E-state index is 12.4. The highest BCUT2D eigenvalue weighted by Gasteiger charge is 2.32. The first kappa shape index (κ1) is 16.4. The van der Waals surface area contributed by atoms with Crippen molar-refractivity contribution < 1.29 is 14.7 Å². The summed E-state index contributed by atoms with van der Waals surface area (Å²) in [4.78, 5) is 30.7. The molecule has 1 saturated heterocycles. The van der Waals surface area contributed by atoms with Crippen LogP contribution in [0, 0.1) is 0 Å². The average molecular weight is 371 g/mol. The van der Waals surface area contributed by atoms with E-state index >= 15 is 0 Å². The molecule has 1 fully saturated rings. The van der Waals surface area contributed by atoms with Gasteiger partial charge in [-0.3, -0.25) is 4.79 Å². The van der Waals surface area contributed by atoms with Gasteiger partial charge in [0.2, 0.25) is 5.91 Å². The lowest BCUT2D eigenvalue weighted by Crippen LogP contribution is -2.48. The first-order valence-corrected chi connectivity index (χ1v) is 9.34. The number of halogens is 1. The molecule has 0 aliphatic carbocycles. The highest BCUT2D eigenvalue weighted by molar-refractivity contribution is 7.23. The van der Waals surface area contributed by atoms with Crippen LogP contribution in [0.4, 0.5) is 0 Å². The largest absolute Gasteiger partial charge is 0.480 e. The van der Waals surface area contributed by atoms with Gasteiger partial charge in [0.1, 0.15) is 11.0 Å². The van der Waals surface area contributed by atoms with E-state index in [1.807, 2.05) is 17.5 Å². The van der Waals surface area contributed by atoms with Gasteiger partial charge < -0.3 is 10.0 Å². The summed E-state index contributed by atoms with van der Waals surface area (Å²) in [5.41, 5.74) is 0.675. The van der Waals surface area contributed by atoms with Crippen LogP contribution in [0.3, 0.4) is 0 Å². The van der Waals surface area contributed by atoms with Crippen molar-refractivity contribution in [1.29, 1.82) is 0 Å². The number of nitrogens with zero attached hydrogens (tertiary/aromatic N) is 2. The molecule has 0 spiro atoms. The number of hydrogen-bond donors (Lipinski definition) is 1. The lowest BCUT2D eigenvalue weighted by atomic mass is 10.0. The number of aromatic nitrogens is 1.